The molecule has 0 radical (unpaired) electrons. The number of nitrogens with one attached hydrogen (secondary N) is 1. The highest BCUT2D eigenvalue weighted by atomic mass is 79.9. The molecule has 3 aromatic carbocycles. The lowest BCUT2D eigenvalue weighted by atomic mass is 10.1. The van der Waals surface area contributed by atoms with E-state index in [-0.39, 0.29) is 23.4 Å². The smallest absolute Gasteiger partial charge is 0.264 e. The van der Waals surface area contributed by atoms with E-state index in [9.17, 15) is 18.0 Å². The van der Waals surface area contributed by atoms with Gasteiger partial charge in [-0.15, -0.1) is 0 Å². The van der Waals surface area contributed by atoms with Crippen molar-refractivity contribution in [1.29, 1.82) is 0 Å². The molecule has 0 spiro atoms. The number of anilines is 1. The van der Waals surface area contributed by atoms with Crippen LogP contribution in [0.1, 0.15) is 50.3 Å². The van der Waals surface area contributed by atoms with E-state index in [0.717, 1.165) is 31.9 Å². The molecule has 0 heterocycles. The maximum Gasteiger partial charge on any atom is 0.264 e. The summed E-state index contributed by atoms with van der Waals surface area (Å²) in [6.07, 6.45) is 1.13. The normalized spacial score (nSPS) is 12.8. The summed E-state index contributed by atoms with van der Waals surface area (Å²) in [5.41, 5.74) is 3.15. The summed E-state index contributed by atoms with van der Waals surface area (Å²) in [5, 5.41) is 3.00. The van der Waals surface area contributed by atoms with E-state index in [0.29, 0.717) is 12.1 Å². The topological polar surface area (TPSA) is 86.8 Å². The predicted molar refractivity (Wildman–Crippen MR) is 164 cm³/mol. The lowest BCUT2D eigenvalue weighted by Crippen LogP contribution is -2.53. The molecular formula is C31H38BrN3O4S. The number of hydrogen-bond acceptors (Lipinski definition) is 4. The Kier molecular flexibility index (Phi) is 10.9. The van der Waals surface area contributed by atoms with E-state index in [1.807, 2.05) is 58.9 Å². The molecule has 0 bridgehead atoms. The Hall–Kier alpha value is -3.17. The molecular weight excluding hydrogens is 590 g/mol. The first-order valence-corrected chi connectivity index (χ1v) is 15.7. The standard InChI is InChI=1S/C31H38BrN3O4S/c1-6-24(5)33-31(37)29(7-2)34(20-25-11-9-8-10-23(25)4)30(36)21-35(27-16-14-26(32)15-17-27)40(38,39)28-18-12-22(3)13-19-28/h8-19,24,29H,6-7,20-21H2,1-5H3,(H,33,37)/t24-,29+/m1/s1. The van der Waals surface area contributed by atoms with E-state index >= 15 is 0 Å². The van der Waals surface area contributed by atoms with Gasteiger partial charge in [0, 0.05) is 17.1 Å². The van der Waals surface area contributed by atoms with Crippen LogP contribution < -0.4 is 9.62 Å². The average Bonchev–Trinajstić information content (AvgIpc) is 2.93. The number of halogens is 1. The van der Waals surface area contributed by atoms with Crippen molar-refractivity contribution in [1.82, 2.24) is 10.2 Å². The average molecular weight is 629 g/mol. The fraction of sp³-hybridized carbons (Fsp3) is 0.355. The molecule has 40 heavy (non-hydrogen) atoms. The van der Waals surface area contributed by atoms with Gasteiger partial charge in [-0.05, 0) is 81.1 Å². The largest absolute Gasteiger partial charge is 0.352 e. The van der Waals surface area contributed by atoms with Gasteiger partial charge in [0.2, 0.25) is 11.8 Å². The highest BCUT2D eigenvalue weighted by molar-refractivity contribution is 9.10. The van der Waals surface area contributed by atoms with Gasteiger partial charge >= 0.3 is 0 Å². The summed E-state index contributed by atoms with van der Waals surface area (Å²) in [6.45, 7) is 9.30. The number of rotatable bonds is 12. The maximum absolute atomic E-state index is 14.1. The van der Waals surface area contributed by atoms with E-state index in [2.05, 4.69) is 21.2 Å². The van der Waals surface area contributed by atoms with Gasteiger partial charge in [0.1, 0.15) is 12.6 Å². The molecule has 2 atom stereocenters. The van der Waals surface area contributed by atoms with Crippen molar-refractivity contribution in [2.24, 2.45) is 0 Å². The number of hydrogen-bond donors (Lipinski definition) is 1. The summed E-state index contributed by atoms with van der Waals surface area (Å²) >= 11 is 3.40. The fourth-order valence-electron chi connectivity index (χ4n) is 4.31. The Balaban J connectivity index is 2.06. The number of amides is 2. The van der Waals surface area contributed by atoms with Crippen LogP contribution in [0, 0.1) is 13.8 Å². The third-order valence-electron chi connectivity index (χ3n) is 6.99. The molecule has 2 amide bonds. The molecule has 0 aliphatic heterocycles. The number of sulfonamides is 1. The molecule has 0 aliphatic carbocycles. The van der Waals surface area contributed by atoms with Gasteiger partial charge < -0.3 is 10.2 Å². The molecule has 9 heteroatoms. The van der Waals surface area contributed by atoms with Crippen LogP contribution in [0.15, 0.2) is 82.2 Å². The highest BCUT2D eigenvalue weighted by Crippen LogP contribution is 2.27. The van der Waals surface area contributed by atoms with Crippen molar-refractivity contribution in [3.05, 3.63) is 94.0 Å². The second-order valence-corrected chi connectivity index (χ2v) is 12.8. The van der Waals surface area contributed by atoms with Crippen molar-refractivity contribution < 1.29 is 18.0 Å². The van der Waals surface area contributed by atoms with Gasteiger partial charge in [0.05, 0.1) is 10.6 Å². The monoisotopic (exact) mass is 627 g/mol. The van der Waals surface area contributed by atoms with Crippen molar-refractivity contribution in [2.45, 2.75) is 71.0 Å². The molecule has 7 nitrogen and oxygen atoms in total. The molecule has 0 fully saturated rings. The van der Waals surface area contributed by atoms with Crippen LogP contribution >= 0.6 is 15.9 Å². The second-order valence-electron chi connectivity index (χ2n) is 9.99. The summed E-state index contributed by atoms with van der Waals surface area (Å²) < 4.78 is 29.7. The molecule has 0 unspecified atom stereocenters. The van der Waals surface area contributed by atoms with Gasteiger partial charge in [-0.1, -0.05) is 71.7 Å². The lowest BCUT2D eigenvalue weighted by molar-refractivity contribution is -0.140. The summed E-state index contributed by atoms with van der Waals surface area (Å²) in [6, 6.07) is 20.2. The van der Waals surface area contributed by atoms with Crippen molar-refractivity contribution in [3.8, 4) is 0 Å². The predicted octanol–water partition coefficient (Wildman–Crippen LogP) is 5.98. The SMILES string of the molecule is CC[C@@H](C)NC(=O)[C@H](CC)N(Cc1ccccc1C)C(=O)CN(c1ccc(Br)cc1)S(=O)(=O)c1ccc(C)cc1. The minimum atomic E-state index is -4.10. The molecule has 214 valence electrons. The van der Waals surface area contributed by atoms with Crippen molar-refractivity contribution in [2.75, 3.05) is 10.8 Å². The van der Waals surface area contributed by atoms with Gasteiger partial charge in [-0.3, -0.25) is 13.9 Å². The number of carbonyl (C=O) groups excluding carboxylic acids is 2. The highest BCUT2D eigenvalue weighted by Gasteiger charge is 2.34. The zero-order chi connectivity index (χ0) is 29.4. The van der Waals surface area contributed by atoms with E-state index < -0.39 is 28.5 Å². The Morgan fingerprint density at radius 1 is 0.900 bits per heavy atom. The lowest BCUT2D eigenvalue weighted by Gasteiger charge is -2.34. The maximum atomic E-state index is 14.1. The van der Waals surface area contributed by atoms with Gasteiger partial charge in [-0.2, -0.15) is 0 Å². The van der Waals surface area contributed by atoms with Crippen LogP contribution in [0.25, 0.3) is 0 Å². The zero-order valence-corrected chi connectivity index (χ0v) is 26.1. The zero-order valence-electron chi connectivity index (χ0n) is 23.7. The summed E-state index contributed by atoms with van der Waals surface area (Å²) in [5.74, 6) is -0.719. The second kappa shape index (κ2) is 13.9. The molecule has 1 N–H and O–H groups in total. The van der Waals surface area contributed by atoms with Crippen LogP contribution in [-0.4, -0.2) is 43.8 Å². The van der Waals surface area contributed by atoms with Gasteiger partial charge in [0.15, 0.2) is 0 Å². The Bertz CT molecular complexity index is 1410. The molecule has 3 aromatic rings. The Morgan fingerprint density at radius 3 is 2.10 bits per heavy atom. The van der Waals surface area contributed by atoms with Crippen LogP contribution in [0.5, 0.6) is 0 Å². The first-order valence-electron chi connectivity index (χ1n) is 13.5. The quantitative estimate of drug-likeness (QED) is 0.267. The number of nitrogens with zero attached hydrogens (tertiary/aromatic N) is 2. The summed E-state index contributed by atoms with van der Waals surface area (Å²) in [7, 11) is -4.10. The van der Waals surface area contributed by atoms with Gasteiger partial charge in [0.25, 0.3) is 10.0 Å². The minimum Gasteiger partial charge on any atom is -0.352 e. The third-order valence-corrected chi connectivity index (χ3v) is 9.31. The van der Waals surface area contributed by atoms with Crippen molar-refractivity contribution >= 4 is 43.5 Å². The number of carbonyl (C=O) groups is 2. The van der Waals surface area contributed by atoms with Crippen molar-refractivity contribution in [3.63, 3.8) is 0 Å². The Morgan fingerprint density at radius 2 is 1.52 bits per heavy atom. The molecule has 0 aromatic heterocycles. The van der Waals surface area contributed by atoms with E-state index in [4.69, 9.17) is 0 Å². The fourth-order valence-corrected chi connectivity index (χ4v) is 5.98. The van der Waals surface area contributed by atoms with E-state index in [1.165, 1.54) is 4.90 Å². The first kappa shape index (κ1) is 31.4. The van der Waals surface area contributed by atoms with E-state index in [1.54, 1.807) is 48.5 Å². The number of aryl methyl sites for hydroxylation is 2. The van der Waals surface area contributed by atoms with Gasteiger partial charge in [-0.25, -0.2) is 8.42 Å². The molecule has 3 rings (SSSR count). The molecule has 0 saturated heterocycles. The first-order chi connectivity index (χ1) is 19.0. The minimum absolute atomic E-state index is 0.0573. The molecule has 0 aliphatic rings. The van der Waals surface area contributed by atoms with Crippen LogP contribution in [0.2, 0.25) is 0 Å². The Labute approximate surface area is 246 Å². The van der Waals surface area contributed by atoms with Crippen LogP contribution in [-0.2, 0) is 26.2 Å². The van der Waals surface area contributed by atoms with Crippen LogP contribution in [0.3, 0.4) is 0 Å². The molecule has 0 saturated carbocycles. The third kappa shape index (κ3) is 7.73. The number of benzene rings is 3. The summed E-state index contributed by atoms with van der Waals surface area (Å²) in [4.78, 5) is 29.1. The van der Waals surface area contributed by atoms with Crippen LogP contribution in [0.4, 0.5) is 5.69 Å².